The van der Waals surface area contributed by atoms with E-state index in [1.807, 2.05) is 42.2 Å². The van der Waals surface area contributed by atoms with Gasteiger partial charge in [0.05, 0.1) is 31.2 Å². The second kappa shape index (κ2) is 10.2. The monoisotopic (exact) mass is 416 g/mol. The first-order valence-corrected chi connectivity index (χ1v) is 9.94. The standard InChI is InChI=1S/C21H25FN4O2S/c1-3-28-18-7-5-17(6-8-18)23-21(29)25-24-15(2)16-4-9-20(19(22)14-16)26-10-12-27-13-11-26/h4-9,14H,3,10-13H2,1-2H3,(H2,23,25,29)/b24-15-. The third-order valence-electron chi connectivity index (χ3n) is 4.47. The zero-order chi connectivity index (χ0) is 20.6. The summed E-state index contributed by atoms with van der Waals surface area (Å²) in [5.41, 5.74) is 5.53. The van der Waals surface area contributed by atoms with Gasteiger partial charge in [-0.25, -0.2) is 4.39 Å². The summed E-state index contributed by atoms with van der Waals surface area (Å²) in [6, 6.07) is 12.6. The first-order valence-electron chi connectivity index (χ1n) is 9.53. The van der Waals surface area contributed by atoms with E-state index in [1.165, 1.54) is 6.07 Å². The fraction of sp³-hybridized carbons (Fsp3) is 0.333. The SMILES string of the molecule is CCOc1ccc(NC(=S)N/N=C(/C)c2ccc(N3CCOCC3)c(F)c2)cc1. The molecule has 3 rings (SSSR count). The first-order chi connectivity index (χ1) is 14.1. The quantitative estimate of drug-likeness (QED) is 0.425. The predicted molar refractivity (Wildman–Crippen MR) is 119 cm³/mol. The fourth-order valence-corrected chi connectivity index (χ4v) is 3.12. The molecule has 1 heterocycles. The second-order valence-electron chi connectivity index (χ2n) is 6.49. The van der Waals surface area contributed by atoms with Gasteiger partial charge < -0.3 is 19.7 Å². The molecule has 0 radical (unpaired) electrons. The van der Waals surface area contributed by atoms with E-state index in [9.17, 15) is 4.39 Å². The molecule has 1 aliphatic heterocycles. The highest BCUT2D eigenvalue weighted by molar-refractivity contribution is 7.80. The minimum Gasteiger partial charge on any atom is -0.494 e. The molecular weight excluding hydrogens is 391 g/mol. The molecule has 0 atom stereocenters. The smallest absolute Gasteiger partial charge is 0.191 e. The first kappa shape index (κ1) is 21.0. The largest absolute Gasteiger partial charge is 0.494 e. The molecule has 0 aromatic heterocycles. The van der Waals surface area contributed by atoms with Gasteiger partial charge in [0.1, 0.15) is 11.6 Å². The van der Waals surface area contributed by atoms with Crippen LogP contribution in [0.4, 0.5) is 15.8 Å². The van der Waals surface area contributed by atoms with Gasteiger partial charge in [0.15, 0.2) is 5.11 Å². The topological polar surface area (TPSA) is 58.1 Å². The van der Waals surface area contributed by atoms with Crippen LogP contribution in [-0.2, 0) is 4.74 Å². The fourth-order valence-electron chi connectivity index (χ4n) is 2.95. The number of anilines is 2. The van der Waals surface area contributed by atoms with E-state index < -0.39 is 0 Å². The van der Waals surface area contributed by atoms with Gasteiger partial charge in [0.2, 0.25) is 0 Å². The molecule has 1 saturated heterocycles. The summed E-state index contributed by atoms with van der Waals surface area (Å²) in [6.45, 7) is 6.97. The van der Waals surface area contributed by atoms with Gasteiger partial charge in [-0.1, -0.05) is 6.07 Å². The minimum atomic E-state index is -0.269. The maximum Gasteiger partial charge on any atom is 0.191 e. The third-order valence-corrected chi connectivity index (χ3v) is 4.66. The van der Waals surface area contributed by atoms with Crippen LogP contribution in [0.5, 0.6) is 5.75 Å². The molecule has 29 heavy (non-hydrogen) atoms. The number of hydrazone groups is 1. The Bertz CT molecular complexity index is 867. The van der Waals surface area contributed by atoms with Gasteiger partial charge in [-0.05, 0) is 62.5 Å². The summed E-state index contributed by atoms with van der Waals surface area (Å²) in [5.74, 6) is 0.530. The van der Waals surface area contributed by atoms with Gasteiger partial charge in [0.25, 0.3) is 0 Å². The summed E-state index contributed by atoms with van der Waals surface area (Å²) in [7, 11) is 0. The number of hydrogen-bond acceptors (Lipinski definition) is 5. The zero-order valence-corrected chi connectivity index (χ0v) is 17.4. The van der Waals surface area contributed by atoms with Crippen molar-refractivity contribution in [2.45, 2.75) is 13.8 Å². The lowest BCUT2D eigenvalue weighted by atomic mass is 10.1. The Hall–Kier alpha value is -2.71. The van der Waals surface area contributed by atoms with Gasteiger partial charge in [-0.15, -0.1) is 0 Å². The van der Waals surface area contributed by atoms with Gasteiger partial charge >= 0.3 is 0 Å². The molecule has 1 aliphatic rings. The molecule has 0 saturated carbocycles. The maximum absolute atomic E-state index is 14.6. The van der Waals surface area contributed by atoms with E-state index in [1.54, 1.807) is 13.0 Å². The van der Waals surface area contributed by atoms with Crippen molar-refractivity contribution in [3.63, 3.8) is 0 Å². The van der Waals surface area contributed by atoms with Gasteiger partial charge in [-0.2, -0.15) is 5.10 Å². The number of benzene rings is 2. The molecule has 1 fully saturated rings. The molecule has 2 aromatic rings. The number of ether oxygens (including phenoxy) is 2. The molecule has 8 heteroatoms. The van der Waals surface area contributed by atoms with Crippen LogP contribution in [0.1, 0.15) is 19.4 Å². The number of rotatable bonds is 6. The molecule has 2 aromatic carbocycles. The lowest BCUT2D eigenvalue weighted by Crippen LogP contribution is -2.36. The van der Waals surface area contributed by atoms with Crippen LogP contribution < -0.4 is 20.4 Å². The van der Waals surface area contributed by atoms with E-state index in [0.717, 1.165) is 11.4 Å². The van der Waals surface area contributed by atoms with Crippen LogP contribution in [-0.4, -0.2) is 43.7 Å². The van der Waals surface area contributed by atoms with E-state index in [4.69, 9.17) is 21.7 Å². The van der Waals surface area contributed by atoms with Crippen LogP contribution >= 0.6 is 12.2 Å². The van der Waals surface area contributed by atoms with Crippen molar-refractivity contribution < 1.29 is 13.9 Å². The molecule has 0 spiro atoms. The highest BCUT2D eigenvalue weighted by Crippen LogP contribution is 2.22. The Morgan fingerprint density at radius 1 is 1.21 bits per heavy atom. The Morgan fingerprint density at radius 2 is 1.93 bits per heavy atom. The number of morpholine rings is 1. The maximum atomic E-state index is 14.6. The Balaban J connectivity index is 1.58. The van der Waals surface area contributed by atoms with Crippen molar-refractivity contribution >= 4 is 34.4 Å². The zero-order valence-electron chi connectivity index (χ0n) is 16.6. The number of nitrogens with one attached hydrogen (secondary N) is 2. The number of nitrogens with zero attached hydrogens (tertiary/aromatic N) is 2. The van der Waals surface area contributed by atoms with E-state index >= 15 is 0 Å². The van der Waals surface area contributed by atoms with Crippen molar-refractivity contribution in [3.8, 4) is 5.75 Å². The molecular formula is C21H25FN4O2S. The summed E-state index contributed by atoms with van der Waals surface area (Å²) in [5, 5.41) is 7.65. The molecule has 2 N–H and O–H groups in total. The van der Waals surface area contributed by atoms with E-state index in [2.05, 4.69) is 15.8 Å². The lowest BCUT2D eigenvalue weighted by molar-refractivity contribution is 0.122. The molecule has 0 bridgehead atoms. The second-order valence-corrected chi connectivity index (χ2v) is 6.89. The van der Waals surface area contributed by atoms with Crippen molar-refractivity contribution in [1.82, 2.24) is 5.43 Å². The highest BCUT2D eigenvalue weighted by atomic mass is 32.1. The Labute approximate surface area is 175 Å². The summed E-state index contributed by atoms with van der Waals surface area (Å²) in [4.78, 5) is 1.99. The van der Waals surface area contributed by atoms with Crippen molar-refractivity contribution in [3.05, 3.63) is 53.8 Å². The molecule has 0 unspecified atom stereocenters. The molecule has 0 amide bonds. The normalized spacial score (nSPS) is 14.4. The predicted octanol–water partition coefficient (Wildman–Crippen LogP) is 3.77. The summed E-state index contributed by atoms with van der Waals surface area (Å²) < 4.78 is 25.3. The molecule has 6 nitrogen and oxygen atoms in total. The average molecular weight is 417 g/mol. The molecule has 154 valence electrons. The Kier molecular flexibility index (Phi) is 7.37. The average Bonchev–Trinajstić information content (AvgIpc) is 2.74. The van der Waals surface area contributed by atoms with E-state index in [0.29, 0.717) is 55.0 Å². The number of thiocarbonyl (C=S) groups is 1. The van der Waals surface area contributed by atoms with Crippen molar-refractivity contribution in [2.24, 2.45) is 5.10 Å². The van der Waals surface area contributed by atoms with Crippen LogP contribution in [0.15, 0.2) is 47.6 Å². The van der Waals surface area contributed by atoms with Gasteiger partial charge in [-0.3, -0.25) is 5.43 Å². The summed E-state index contributed by atoms with van der Waals surface area (Å²) >= 11 is 5.27. The Morgan fingerprint density at radius 3 is 2.59 bits per heavy atom. The minimum absolute atomic E-state index is 0.269. The number of hydrogen-bond donors (Lipinski definition) is 2. The van der Waals surface area contributed by atoms with Crippen LogP contribution in [0.3, 0.4) is 0 Å². The number of halogens is 1. The summed E-state index contributed by atoms with van der Waals surface area (Å²) in [6.07, 6.45) is 0. The highest BCUT2D eigenvalue weighted by Gasteiger charge is 2.15. The van der Waals surface area contributed by atoms with E-state index in [-0.39, 0.29) is 5.82 Å². The lowest BCUT2D eigenvalue weighted by Gasteiger charge is -2.29. The van der Waals surface area contributed by atoms with Crippen LogP contribution in [0.25, 0.3) is 0 Å². The molecule has 0 aliphatic carbocycles. The van der Waals surface area contributed by atoms with Crippen molar-refractivity contribution in [2.75, 3.05) is 43.1 Å². The third kappa shape index (κ3) is 5.88. The van der Waals surface area contributed by atoms with Crippen LogP contribution in [0, 0.1) is 5.82 Å². The van der Waals surface area contributed by atoms with Crippen molar-refractivity contribution in [1.29, 1.82) is 0 Å². The van der Waals surface area contributed by atoms with Crippen LogP contribution in [0.2, 0.25) is 0 Å². The van der Waals surface area contributed by atoms with Gasteiger partial charge in [0, 0.05) is 24.3 Å².